The normalized spacial score (nSPS) is 32.4. The van der Waals surface area contributed by atoms with Crippen molar-refractivity contribution in [1.29, 1.82) is 0 Å². The molecule has 3 atom stereocenters. The molecule has 0 bridgehead atoms. The minimum Gasteiger partial charge on any atom is -0.381 e. The van der Waals surface area contributed by atoms with Crippen molar-refractivity contribution in [2.45, 2.75) is 56.9 Å². The van der Waals surface area contributed by atoms with Crippen LogP contribution in [0.2, 0.25) is 0 Å². The zero-order chi connectivity index (χ0) is 13.1. The average molecular weight is 265 g/mol. The number of hydrogen-bond donors (Lipinski definition) is 1. The van der Waals surface area contributed by atoms with Gasteiger partial charge in [0.15, 0.2) is 5.82 Å². The molecule has 1 aliphatic heterocycles. The number of aromatic nitrogens is 2. The maximum Gasteiger partial charge on any atom is 0.231 e. The van der Waals surface area contributed by atoms with Gasteiger partial charge in [0.05, 0.1) is 5.92 Å². The third-order valence-electron chi connectivity index (χ3n) is 4.37. The summed E-state index contributed by atoms with van der Waals surface area (Å²) in [7, 11) is 0. The lowest BCUT2D eigenvalue weighted by Crippen LogP contribution is -2.27. The van der Waals surface area contributed by atoms with Crippen molar-refractivity contribution >= 4 is 0 Å². The Labute approximate surface area is 113 Å². The van der Waals surface area contributed by atoms with Crippen molar-refractivity contribution in [1.82, 2.24) is 10.1 Å². The molecule has 2 N–H and O–H groups in total. The van der Waals surface area contributed by atoms with Crippen molar-refractivity contribution < 1.29 is 9.26 Å². The highest BCUT2D eigenvalue weighted by molar-refractivity contribution is 5.00. The van der Waals surface area contributed by atoms with Gasteiger partial charge in [-0.05, 0) is 25.2 Å². The van der Waals surface area contributed by atoms with Crippen LogP contribution < -0.4 is 5.73 Å². The molecule has 1 saturated carbocycles. The molecule has 19 heavy (non-hydrogen) atoms. The van der Waals surface area contributed by atoms with Crippen molar-refractivity contribution in [2.75, 3.05) is 13.2 Å². The predicted octanol–water partition coefficient (Wildman–Crippen LogP) is 2.02. The molecule has 2 aliphatic rings. The van der Waals surface area contributed by atoms with E-state index in [1.807, 2.05) is 0 Å². The van der Waals surface area contributed by atoms with Gasteiger partial charge < -0.3 is 15.0 Å². The van der Waals surface area contributed by atoms with Gasteiger partial charge in [0.2, 0.25) is 5.89 Å². The molecule has 0 spiro atoms. The summed E-state index contributed by atoms with van der Waals surface area (Å²) < 4.78 is 10.8. The van der Waals surface area contributed by atoms with Crippen LogP contribution in [-0.2, 0) is 11.2 Å². The highest BCUT2D eigenvalue weighted by Gasteiger charge is 2.28. The van der Waals surface area contributed by atoms with Crippen molar-refractivity contribution in [2.24, 2.45) is 11.7 Å². The molecule has 106 valence electrons. The predicted molar refractivity (Wildman–Crippen MR) is 70.7 cm³/mol. The monoisotopic (exact) mass is 265 g/mol. The molecular weight excluding hydrogens is 242 g/mol. The summed E-state index contributed by atoms with van der Waals surface area (Å²) in [5, 5.41) is 4.12. The third kappa shape index (κ3) is 3.15. The van der Waals surface area contributed by atoms with Gasteiger partial charge in [-0.2, -0.15) is 4.98 Å². The number of ether oxygens (including phenoxy) is 1. The second kappa shape index (κ2) is 6.01. The summed E-state index contributed by atoms with van der Waals surface area (Å²) in [4.78, 5) is 4.58. The Hall–Kier alpha value is -0.940. The molecule has 3 unspecified atom stereocenters. The van der Waals surface area contributed by atoms with Crippen LogP contribution in [0.4, 0.5) is 0 Å². The Bertz CT molecular complexity index is 401. The van der Waals surface area contributed by atoms with E-state index < -0.39 is 0 Å². The molecule has 5 heteroatoms. The fourth-order valence-electron chi connectivity index (χ4n) is 3.15. The molecule has 5 nitrogen and oxygen atoms in total. The molecule has 0 radical (unpaired) electrons. The average Bonchev–Trinajstić information content (AvgIpc) is 3.02. The number of nitrogens with zero attached hydrogens (tertiary/aromatic N) is 2. The SMILES string of the molecule is NC1CCCCCC1c1nc(CC2CCOC2)no1. The molecular formula is C14H23N3O2. The van der Waals surface area contributed by atoms with E-state index in [1.54, 1.807) is 0 Å². The van der Waals surface area contributed by atoms with Crippen LogP contribution >= 0.6 is 0 Å². The topological polar surface area (TPSA) is 74.2 Å². The fraction of sp³-hybridized carbons (Fsp3) is 0.857. The fourth-order valence-corrected chi connectivity index (χ4v) is 3.15. The highest BCUT2D eigenvalue weighted by atomic mass is 16.5. The van der Waals surface area contributed by atoms with E-state index in [0.717, 1.165) is 50.6 Å². The second-order valence-electron chi connectivity index (χ2n) is 5.89. The van der Waals surface area contributed by atoms with Crippen molar-refractivity contribution in [3.05, 3.63) is 11.7 Å². The molecule has 0 amide bonds. The second-order valence-corrected chi connectivity index (χ2v) is 5.89. The van der Waals surface area contributed by atoms with Crippen LogP contribution in [0.5, 0.6) is 0 Å². The van der Waals surface area contributed by atoms with E-state index in [-0.39, 0.29) is 12.0 Å². The van der Waals surface area contributed by atoms with Gasteiger partial charge in [-0.1, -0.05) is 24.4 Å². The number of nitrogens with two attached hydrogens (primary N) is 1. The van der Waals surface area contributed by atoms with Crippen molar-refractivity contribution in [3.63, 3.8) is 0 Å². The first-order valence-electron chi connectivity index (χ1n) is 7.49. The van der Waals surface area contributed by atoms with Crippen molar-refractivity contribution in [3.8, 4) is 0 Å². The van der Waals surface area contributed by atoms with E-state index >= 15 is 0 Å². The van der Waals surface area contributed by atoms with Crippen LogP contribution in [0.15, 0.2) is 4.52 Å². The standard InChI is InChI=1S/C14H23N3O2/c15-12-5-3-1-2-4-11(12)14-16-13(17-19-14)8-10-6-7-18-9-10/h10-12H,1-9,15H2. The van der Waals surface area contributed by atoms with E-state index in [2.05, 4.69) is 10.1 Å². The van der Waals surface area contributed by atoms with Crippen LogP contribution in [0, 0.1) is 5.92 Å². The quantitative estimate of drug-likeness (QED) is 0.846. The Morgan fingerprint density at radius 1 is 1.16 bits per heavy atom. The summed E-state index contributed by atoms with van der Waals surface area (Å²) in [6.45, 7) is 1.69. The summed E-state index contributed by atoms with van der Waals surface area (Å²) in [6, 6.07) is 0.172. The lowest BCUT2D eigenvalue weighted by molar-refractivity contribution is 0.185. The minimum atomic E-state index is 0.172. The van der Waals surface area contributed by atoms with E-state index in [4.69, 9.17) is 15.0 Å². The molecule has 1 aliphatic carbocycles. The van der Waals surface area contributed by atoms with Gasteiger partial charge in [-0.15, -0.1) is 0 Å². The molecule has 1 aromatic heterocycles. The Morgan fingerprint density at radius 3 is 2.89 bits per heavy atom. The molecule has 2 heterocycles. The highest BCUT2D eigenvalue weighted by Crippen LogP contribution is 2.30. The smallest absolute Gasteiger partial charge is 0.231 e. The van der Waals surface area contributed by atoms with Crippen LogP contribution in [-0.4, -0.2) is 29.4 Å². The Kier molecular flexibility index (Phi) is 4.13. The zero-order valence-corrected chi connectivity index (χ0v) is 11.4. The maximum absolute atomic E-state index is 6.24. The number of hydrogen-bond acceptors (Lipinski definition) is 5. The summed E-state index contributed by atoms with van der Waals surface area (Å²) in [6.07, 6.45) is 7.82. The van der Waals surface area contributed by atoms with Crippen LogP contribution in [0.3, 0.4) is 0 Å². The van der Waals surface area contributed by atoms with Gasteiger partial charge in [-0.3, -0.25) is 0 Å². The Morgan fingerprint density at radius 2 is 2.05 bits per heavy atom. The Balaban J connectivity index is 1.65. The molecule has 2 fully saturated rings. The number of rotatable bonds is 3. The lowest BCUT2D eigenvalue weighted by atomic mass is 9.95. The molecule has 3 rings (SSSR count). The molecule has 1 saturated heterocycles. The summed E-state index contributed by atoms with van der Waals surface area (Å²) >= 11 is 0. The van der Waals surface area contributed by atoms with Gasteiger partial charge in [0.1, 0.15) is 0 Å². The largest absolute Gasteiger partial charge is 0.381 e. The third-order valence-corrected chi connectivity index (χ3v) is 4.37. The first kappa shape index (κ1) is 13.1. The lowest BCUT2D eigenvalue weighted by Gasteiger charge is -2.16. The van der Waals surface area contributed by atoms with Gasteiger partial charge >= 0.3 is 0 Å². The first-order chi connectivity index (χ1) is 9.33. The summed E-state index contributed by atoms with van der Waals surface area (Å²) in [5.41, 5.74) is 6.24. The van der Waals surface area contributed by atoms with E-state index in [1.165, 1.54) is 19.3 Å². The zero-order valence-electron chi connectivity index (χ0n) is 11.4. The van der Waals surface area contributed by atoms with Gasteiger partial charge in [-0.25, -0.2) is 0 Å². The summed E-state index contributed by atoms with van der Waals surface area (Å²) in [5.74, 6) is 2.38. The van der Waals surface area contributed by atoms with Crippen LogP contribution in [0.25, 0.3) is 0 Å². The van der Waals surface area contributed by atoms with Gasteiger partial charge in [0, 0.05) is 25.7 Å². The first-order valence-corrected chi connectivity index (χ1v) is 7.49. The van der Waals surface area contributed by atoms with E-state index in [0.29, 0.717) is 5.92 Å². The van der Waals surface area contributed by atoms with Gasteiger partial charge in [0.25, 0.3) is 0 Å². The maximum atomic E-state index is 6.24. The molecule has 0 aromatic carbocycles. The minimum absolute atomic E-state index is 0.172. The molecule has 1 aromatic rings. The van der Waals surface area contributed by atoms with E-state index in [9.17, 15) is 0 Å². The van der Waals surface area contributed by atoms with Crippen LogP contribution in [0.1, 0.15) is 56.2 Å².